The van der Waals surface area contributed by atoms with Crippen LogP contribution in [0.25, 0.3) is 16.6 Å². The number of fused-ring (bicyclic) bond motifs is 3. The number of hydrogen-bond acceptors (Lipinski definition) is 4. The van der Waals surface area contributed by atoms with E-state index in [4.69, 9.17) is 0 Å². The standard InChI is InChI=1S/C21H28N4OS/c1-12(2)24(13(3)4)19(26)11-27-21-23-22-20-16(7)9-17-8-14(5)15(6)10-18(17)25(20)21/h8-10,12-13H,11H2,1-7H3. The lowest BCUT2D eigenvalue weighted by Crippen LogP contribution is -2.43. The van der Waals surface area contributed by atoms with Gasteiger partial charge in [-0.1, -0.05) is 11.8 Å². The zero-order valence-electron chi connectivity index (χ0n) is 17.2. The summed E-state index contributed by atoms with van der Waals surface area (Å²) in [5.74, 6) is 0.489. The average molecular weight is 385 g/mol. The number of pyridine rings is 1. The van der Waals surface area contributed by atoms with Crippen molar-refractivity contribution >= 4 is 34.2 Å². The van der Waals surface area contributed by atoms with Gasteiger partial charge >= 0.3 is 0 Å². The van der Waals surface area contributed by atoms with Gasteiger partial charge in [0, 0.05) is 12.1 Å². The Bertz CT molecular complexity index is 998. The minimum Gasteiger partial charge on any atom is -0.337 e. The van der Waals surface area contributed by atoms with E-state index < -0.39 is 0 Å². The molecule has 0 fully saturated rings. The molecule has 0 aliphatic heterocycles. The van der Waals surface area contributed by atoms with Crippen molar-refractivity contribution in [3.8, 4) is 0 Å². The van der Waals surface area contributed by atoms with Crippen LogP contribution in [0, 0.1) is 20.8 Å². The lowest BCUT2D eigenvalue weighted by atomic mass is 10.0. The van der Waals surface area contributed by atoms with Crippen molar-refractivity contribution in [1.29, 1.82) is 0 Å². The Morgan fingerprint density at radius 3 is 2.22 bits per heavy atom. The maximum absolute atomic E-state index is 12.7. The number of thioether (sulfide) groups is 1. The lowest BCUT2D eigenvalue weighted by Gasteiger charge is -2.30. The van der Waals surface area contributed by atoms with Gasteiger partial charge in [0.1, 0.15) is 0 Å². The summed E-state index contributed by atoms with van der Waals surface area (Å²) in [5.41, 5.74) is 5.53. The second-order valence-electron chi connectivity index (χ2n) is 7.74. The Kier molecular flexibility index (Phi) is 5.47. The number of carbonyl (C=O) groups is 1. The fourth-order valence-corrected chi connectivity index (χ4v) is 4.45. The molecule has 0 N–H and O–H groups in total. The zero-order chi connectivity index (χ0) is 19.9. The van der Waals surface area contributed by atoms with Crippen LogP contribution in [-0.4, -0.2) is 43.2 Å². The third-order valence-electron chi connectivity index (χ3n) is 4.97. The van der Waals surface area contributed by atoms with E-state index in [2.05, 4.69) is 81.3 Å². The van der Waals surface area contributed by atoms with Crippen LogP contribution < -0.4 is 0 Å². The number of rotatable bonds is 5. The van der Waals surface area contributed by atoms with Gasteiger partial charge in [0.2, 0.25) is 5.91 Å². The fraction of sp³-hybridized carbons (Fsp3) is 0.476. The number of benzene rings is 1. The SMILES string of the molecule is Cc1cc2cc(C)c3nnc(SCC(=O)N(C(C)C)C(C)C)n3c2cc1C. The first kappa shape index (κ1) is 19.7. The quantitative estimate of drug-likeness (QED) is 0.606. The van der Waals surface area contributed by atoms with Gasteiger partial charge in [0.25, 0.3) is 0 Å². The minimum absolute atomic E-state index is 0.130. The molecule has 5 nitrogen and oxygen atoms in total. The first-order chi connectivity index (χ1) is 12.7. The van der Waals surface area contributed by atoms with E-state index in [1.165, 1.54) is 28.3 Å². The van der Waals surface area contributed by atoms with Crippen molar-refractivity contribution in [3.05, 3.63) is 34.9 Å². The maximum Gasteiger partial charge on any atom is 0.233 e. The van der Waals surface area contributed by atoms with Crippen LogP contribution in [0.4, 0.5) is 0 Å². The van der Waals surface area contributed by atoms with Gasteiger partial charge in [-0.05, 0) is 88.7 Å². The molecule has 0 atom stereocenters. The van der Waals surface area contributed by atoms with Crippen molar-refractivity contribution in [2.75, 3.05) is 5.75 Å². The smallest absolute Gasteiger partial charge is 0.233 e. The number of carbonyl (C=O) groups excluding carboxylic acids is 1. The summed E-state index contributed by atoms with van der Waals surface area (Å²) in [4.78, 5) is 14.7. The predicted octanol–water partition coefficient (Wildman–Crippen LogP) is 4.55. The lowest BCUT2D eigenvalue weighted by molar-refractivity contribution is -0.131. The van der Waals surface area contributed by atoms with Crippen LogP contribution >= 0.6 is 11.8 Å². The van der Waals surface area contributed by atoms with Crippen LogP contribution in [-0.2, 0) is 4.79 Å². The van der Waals surface area contributed by atoms with E-state index in [-0.39, 0.29) is 18.0 Å². The van der Waals surface area contributed by atoms with Crippen molar-refractivity contribution in [2.45, 2.75) is 65.7 Å². The van der Waals surface area contributed by atoms with E-state index >= 15 is 0 Å². The molecule has 1 amide bonds. The first-order valence-electron chi connectivity index (χ1n) is 9.40. The second kappa shape index (κ2) is 7.50. The van der Waals surface area contributed by atoms with Crippen molar-refractivity contribution < 1.29 is 4.79 Å². The number of aryl methyl sites for hydroxylation is 3. The normalized spacial score (nSPS) is 11.9. The molecule has 6 heteroatoms. The molecule has 3 aromatic rings. The largest absolute Gasteiger partial charge is 0.337 e. The summed E-state index contributed by atoms with van der Waals surface area (Å²) in [7, 11) is 0. The molecular formula is C21H28N4OS. The Balaban J connectivity index is 2.00. The molecule has 144 valence electrons. The average Bonchev–Trinajstić information content (AvgIpc) is 2.99. The molecule has 0 radical (unpaired) electrons. The third kappa shape index (κ3) is 3.68. The van der Waals surface area contributed by atoms with Gasteiger partial charge in [-0.15, -0.1) is 10.2 Å². The van der Waals surface area contributed by atoms with Crippen molar-refractivity contribution in [1.82, 2.24) is 19.5 Å². The molecule has 2 heterocycles. The molecule has 0 unspecified atom stereocenters. The number of aromatic nitrogens is 3. The van der Waals surface area contributed by atoms with Gasteiger partial charge in [0.15, 0.2) is 10.8 Å². The van der Waals surface area contributed by atoms with Crippen LogP contribution in [0.2, 0.25) is 0 Å². The van der Waals surface area contributed by atoms with Crippen molar-refractivity contribution in [2.24, 2.45) is 0 Å². The highest BCUT2D eigenvalue weighted by atomic mass is 32.2. The van der Waals surface area contributed by atoms with Gasteiger partial charge in [0.05, 0.1) is 11.3 Å². The Labute approximate surface area is 165 Å². The van der Waals surface area contributed by atoms with Crippen LogP contribution in [0.1, 0.15) is 44.4 Å². The van der Waals surface area contributed by atoms with Crippen LogP contribution in [0.3, 0.4) is 0 Å². The number of hydrogen-bond donors (Lipinski definition) is 0. The summed E-state index contributed by atoms with van der Waals surface area (Å²) < 4.78 is 2.09. The monoisotopic (exact) mass is 384 g/mol. The molecule has 0 aliphatic carbocycles. The molecule has 0 bridgehead atoms. The fourth-order valence-electron chi connectivity index (χ4n) is 3.64. The van der Waals surface area contributed by atoms with Gasteiger partial charge in [-0.25, -0.2) is 0 Å². The first-order valence-corrected chi connectivity index (χ1v) is 10.4. The number of amides is 1. The van der Waals surface area contributed by atoms with E-state index in [0.29, 0.717) is 5.75 Å². The van der Waals surface area contributed by atoms with E-state index in [0.717, 1.165) is 21.9 Å². The molecule has 0 saturated heterocycles. The Morgan fingerprint density at radius 1 is 1.00 bits per heavy atom. The van der Waals surface area contributed by atoms with E-state index in [1.807, 2.05) is 4.90 Å². The third-order valence-corrected chi connectivity index (χ3v) is 5.88. The molecule has 0 saturated carbocycles. The van der Waals surface area contributed by atoms with Crippen molar-refractivity contribution in [3.63, 3.8) is 0 Å². The Morgan fingerprint density at radius 2 is 1.59 bits per heavy atom. The molecule has 0 spiro atoms. The summed E-state index contributed by atoms with van der Waals surface area (Å²) in [6.07, 6.45) is 0. The zero-order valence-corrected chi connectivity index (χ0v) is 18.0. The molecular weight excluding hydrogens is 356 g/mol. The minimum atomic E-state index is 0.130. The summed E-state index contributed by atoms with van der Waals surface area (Å²) >= 11 is 1.46. The van der Waals surface area contributed by atoms with E-state index in [1.54, 1.807) is 0 Å². The highest BCUT2D eigenvalue weighted by Crippen LogP contribution is 2.28. The van der Waals surface area contributed by atoms with Crippen LogP contribution in [0.5, 0.6) is 0 Å². The number of nitrogens with zero attached hydrogens (tertiary/aromatic N) is 4. The molecule has 0 aliphatic rings. The molecule has 1 aromatic carbocycles. The van der Waals surface area contributed by atoms with Crippen LogP contribution in [0.15, 0.2) is 23.4 Å². The molecule has 27 heavy (non-hydrogen) atoms. The summed E-state index contributed by atoms with van der Waals surface area (Å²) in [6.45, 7) is 14.5. The molecule has 3 rings (SSSR count). The maximum atomic E-state index is 12.7. The van der Waals surface area contributed by atoms with Gasteiger partial charge in [-0.2, -0.15) is 0 Å². The summed E-state index contributed by atoms with van der Waals surface area (Å²) in [6, 6.07) is 6.91. The van der Waals surface area contributed by atoms with Gasteiger partial charge in [-0.3, -0.25) is 9.20 Å². The molecule has 2 aromatic heterocycles. The van der Waals surface area contributed by atoms with E-state index in [9.17, 15) is 4.79 Å². The second-order valence-corrected chi connectivity index (χ2v) is 8.68. The predicted molar refractivity (Wildman–Crippen MR) is 113 cm³/mol. The highest BCUT2D eigenvalue weighted by Gasteiger charge is 2.21. The topological polar surface area (TPSA) is 50.5 Å². The Hall–Kier alpha value is -2.08. The highest BCUT2D eigenvalue weighted by molar-refractivity contribution is 7.99. The summed E-state index contributed by atoms with van der Waals surface area (Å²) in [5, 5.41) is 10.7. The van der Waals surface area contributed by atoms with Gasteiger partial charge < -0.3 is 4.90 Å².